The number of para-hydroxylation sites is 1. The molecular formula is C55H43N5O. The van der Waals surface area contributed by atoms with Crippen LogP contribution < -0.4 is 10.5 Å². The molecule has 4 aromatic carbocycles. The van der Waals surface area contributed by atoms with Crippen LogP contribution in [0.5, 0.6) is 5.75 Å². The summed E-state index contributed by atoms with van der Waals surface area (Å²) < 4.78 is 11.3. The Morgan fingerprint density at radius 1 is 0.656 bits per heavy atom. The van der Waals surface area contributed by atoms with Crippen LogP contribution in [-0.4, -0.2) is 19.1 Å². The van der Waals surface area contributed by atoms with E-state index in [1.54, 1.807) is 0 Å². The highest BCUT2D eigenvalue weighted by Gasteiger charge is 2.18. The van der Waals surface area contributed by atoms with Crippen molar-refractivity contribution in [2.45, 2.75) is 13.8 Å². The molecule has 10 rings (SSSR count). The van der Waals surface area contributed by atoms with Gasteiger partial charge in [0.25, 0.3) is 0 Å². The van der Waals surface area contributed by atoms with Gasteiger partial charge in [-0.2, -0.15) is 0 Å². The number of hydrogen-bond donors (Lipinski definition) is 1. The molecule has 0 amide bonds. The summed E-state index contributed by atoms with van der Waals surface area (Å²) in [5, 5.41) is 1.13. The molecule has 6 nitrogen and oxygen atoms in total. The van der Waals surface area contributed by atoms with E-state index in [2.05, 4.69) is 157 Å². The van der Waals surface area contributed by atoms with Crippen molar-refractivity contribution < 1.29 is 4.74 Å². The van der Waals surface area contributed by atoms with Crippen LogP contribution in [0.25, 0.3) is 78.8 Å². The minimum Gasteiger partial charge on any atom is -0.457 e. The van der Waals surface area contributed by atoms with E-state index >= 15 is 0 Å². The standard InChI is InChI=1S/C55H43N5O/c1-36-12-9-15-49(56)38(3)32-45(29-20-37(36)2)61-46-34-41(39-21-25-43(26-22-39)59-50-16-6-4-5-13-47(50)54-52(59)18-10-30-57-54)33-42(35-46)40-23-27-44(28-24-40)60-51-17-8-7-14-48(51)55-53(60)19-11-31-58-55/h4-5,7-37H,3,56H2,1-2H3/b12-9-,29-20-,45-32+,49-15-. The Hall–Kier alpha value is -7.92. The van der Waals surface area contributed by atoms with Crippen LogP contribution in [0.15, 0.2) is 206 Å². The fourth-order valence-electron chi connectivity index (χ4n) is 8.27. The van der Waals surface area contributed by atoms with Gasteiger partial charge < -0.3 is 19.6 Å². The molecule has 2 atom stereocenters. The van der Waals surface area contributed by atoms with Crippen LogP contribution in [0.3, 0.4) is 0 Å². The highest BCUT2D eigenvalue weighted by Crippen LogP contribution is 2.37. The molecule has 2 unspecified atom stereocenters. The van der Waals surface area contributed by atoms with Gasteiger partial charge in [-0.05, 0) is 143 Å². The van der Waals surface area contributed by atoms with Crippen molar-refractivity contribution >= 4 is 45.1 Å². The number of allylic oxidation sites excluding steroid dienone is 8. The second-order valence-corrected chi connectivity index (χ2v) is 15.7. The lowest BCUT2D eigenvalue weighted by molar-refractivity contribution is 0.442. The van der Waals surface area contributed by atoms with E-state index in [4.69, 9.17) is 20.4 Å². The van der Waals surface area contributed by atoms with Crippen molar-refractivity contribution in [3.8, 4) is 39.4 Å². The lowest BCUT2D eigenvalue weighted by Gasteiger charge is -2.15. The number of fused-ring (bicyclic) bond motifs is 6. The lowest BCUT2D eigenvalue weighted by Crippen LogP contribution is -2.02. The van der Waals surface area contributed by atoms with E-state index in [9.17, 15) is 0 Å². The van der Waals surface area contributed by atoms with Crippen LogP contribution in [0.2, 0.25) is 0 Å². The predicted molar refractivity (Wildman–Crippen MR) is 252 cm³/mol. The largest absolute Gasteiger partial charge is 0.457 e. The van der Waals surface area contributed by atoms with Gasteiger partial charge in [-0.15, -0.1) is 5.73 Å². The molecule has 294 valence electrons. The number of hydrogen-bond acceptors (Lipinski definition) is 4. The van der Waals surface area contributed by atoms with Gasteiger partial charge >= 0.3 is 0 Å². The first-order valence-electron chi connectivity index (χ1n) is 20.6. The van der Waals surface area contributed by atoms with E-state index < -0.39 is 0 Å². The number of rotatable bonds is 6. The van der Waals surface area contributed by atoms with Gasteiger partial charge in [0.05, 0.1) is 33.3 Å². The third kappa shape index (κ3) is 7.05. The molecule has 0 aliphatic heterocycles. The van der Waals surface area contributed by atoms with Crippen molar-refractivity contribution in [2.24, 2.45) is 17.6 Å². The van der Waals surface area contributed by atoms with Crippen molar-refractivity contribution in [1.82, 2.24) is 19.1 Å². The van der Waals surface area contributed by atoms with Gasteiger partial charge in [0.1, 0.15) is 11.5 Å². The Bertz CT molecular complexity index is 3200. The van der Waals surface area contributed by atoms with Gasteiger partial charge in [-0.25, -0.2) is 0 Å². The highest BCUT2D eigenvalue weighted by molar-refractivity contribution is 6.07. The van der Waals surface area contributed by atoms with Crippen molar-refractivity contribution in [2.75, 3.05) is 0 Å². The zero-order chi connectivity index (χ0) is 41.5. The van der Waals surface area contributed by atoms with E-state index in [0.717, 1.165) is 77.9 Å². The Morgan fingerprint density at radius 3 is 2.03 bits per heavy atom. The summed E-state index contributed by atoms with van der Waals surface area (Å²) in [5.74, 6) is 1.94. The molecule has 0 spiro atoms. The summed E-state index contributed by atoms with van der Waals surface area (Å²) in [5.41, 5.74) is 24.6. The summed E-state index contributed by atoms with van der Waals surface area (Å²) in [6.07, 6.45) is 24.0. The monoisotopic (exact) mass is 789 g/mol. The normalized spacial score (nSPS) is 19.1. The summed E-state index contributed by atoms with van der Waals surface area (Å²) >= 11 is 0. The molecule has 0 saturated heterocycles. The van der Waals surface area contributed by atoms with Crippen LogP contribution in [-0.2, 0) is 0 Å². The Balaban J connectivity index is 1.07. The molecule has 0 fully saturated rings. The van der Waals surface area contributed by atoms with Crippen LogP contribution in [0.1, 0.15) is 25.1 Å². The average Bonchev–Trinajstić information content (AvgIpc) is 3.67. The Kier molecular flexibility index (Phi) is 9.61. The maximum atomic E-state index is 6.81. The average molecular weight is 790 g/mol. The maximum absolute atomic E-state index is 6.81. The van der Waals surface area contributed by atoms with Crippen molar-refractivity contribution in [3.63, 3.8) is 0 Å². The SMILES string of the molecule is C=C1/C=C(Oc2cc(-c3ccc(-n4c5c(c6ncccc64)C=CC=C=C5)cc3)cc(-c3ccc(-n4c5ccccc5c5ncccc54)cc3)c2)\C=C/C(C)C(C)/C=C\C=C\1N. The summed E-state index contributed by atoms with van der Waals surface area (Å²) in [6.45, 7) is 8.68. The summed E-state index contributed by atoms with van der Waals surface area (Å²) in [7, 11) is 0. The number of ether oxygens (including phenoxy) is 1. The van der Waals surface area contributed by atoms with E-state index in [0.29, 0.717) is 28.7 Å². The Morgan fingerprint density at radius 2 is 1.30 bits per heavy atom. The summed E-state index contributed by atoms with van der Waals surface area (Å²) in [4.78, 5) is 9.49. The third-order valence-electron chi connectivity index (χ3n) is 11.7. The zero-order valence-corrected chi connectivity index (χ0v) is 34.0. The molecule has 0 radical (unpaired) electrons. The second-order valence-electron chi connectivity index (χ2n) is 15.7. The fraction of sp³-hybridized carbons (Fsp3) is 0.0727. The van der Waals surface area contributed by atoms with Crippen molar-refractivity contribution in [1.29, 1.82) is 0 Å². The van der Waals surface area contributed by atoms with Crippen LogP contribution in [0.4, 0.5) is 0 Å². The first kappa shape index (κ1) is 37.4. The fourth-order valence-corrected chi connectivity index (χ4v) is 8.27. The van der Waals surface area contributed by atoms with E-state index in [-0.39, 0.29) is 5.92 Å². The predicted octanol–water partition coefficient (Wildman–Crippen LogP) is 13.1. The van der Waals surface area contributed by atoms with Gasteiger partial charge in [0.2, 0.25) is 0 Å². The number of benzene rings is 4. The highest BCUT2D eigenvalue weighted by atomic mass is 16.5. The molecule has 0 saturated carbocycles. The number of nitrogens with zero attached hydrogens (tertiary/aromatic N) is 4. The molecule has 0 bridgehead atoms. The summed E-state index contributed by atoms with van der Waals surface area (Å²) in [6, 6.07) is 40.5. The second kappa shape index (κ2) is 15.7. The first-order chi connectivity index (χ1) is 29.9. The van der Waals surface area contributed by atoms with E-state index in [1.165, 1.54) is 0 Å². The smallest absolute Gasteiger partial charge is 0.128 e. The topological polar surface area (TPSA) is 70.9 Å². The zero-order valence-electron chi connectivity index (χ0n) is 34.0. The van der Waals surface area contributed by atoms with Gasteiger partial charge in [0.15, 0.2) is 0 Å². The molecule has 2 aliphatic carbocycles. The molecule has 2 aliphatic rings. The minimum atomic E-state index is 0.277. The molecule has 8 aromatic rings. The van der Waals surface area contributed by atoms with Gasteiger partial charge in [-0.3, -0.25) is 9.97 Å². The quantitative estimate of drug-likeness (QED) is 0.170. The number of pyridine rings is 2. The third-order valence-corrected chi connectivity index (χ3v) is 11.7. The molecule has 4 heterocycles. The first-order valence-corrected chi connectivity index (χ1v) is 20.6. The Labute approximate surface area is 355 Å². The van der Waals surface area contributed by atoms with Crippen LogP contribution >= 0.6 is 0 Å². The molecular weight excluding hydrogens is 747 g/mol. The molecule has 6 heteroatoms. The molecule has 4 aromatic heterocycles. The van der Waals surface area contributed by atoms with E-state index in [1.807, 2.05) is 67.1 Å². The van der Waals surface area contributed by atoms with Gasteiger partial charge in [0, 0.05) is 46.5 Å². The molecule has 61 heavy (non-hydrogen) atoms. The van der Waals surface area contributed by atoms with Crippen molar-refractivity contribution in [3.05, 3.63) is 217 Å². The maximum Gasteiger partial charge on any atom is 0.128 e. The van der Waals surface area contributed by atoms with Gasteiger partial charge in [-0.1, -0.05) is 87.2 Å². The lowest BCUT2D eigenvalue weighted by atomic mass is 9.95. The van der Waals surface area contributed by atoms with Crippen LogP contribution in [0, 0.1) is 11.8 Å². The number of nitrogens with two attached hydrogens (primary N) is 1. The minimum absolute atomic E-state index is 0.277. The number of aromatic nitrogens is 4. The molecule has 2 N–H and O–H groups in total.